The van der Waals surface area contributed by atoms with Crippen molar-refractivity contribution in [3.63, 3.8) is 0 Å². The Morgan fingerprint density at radius 1 is 1.38 bits per heavy atom. The highest BCUT2D eigenvalue weighted by Gasteiger charge is 2.14. The highest BCUT2D eigenvalue weighted by Crippen LogP contribution is 2.11. The largest absolute Gasteiger partial charge is 0.250 e. The summed E-state index contributed by atoms with van der Waals surface area (Å²) in [6.07, 6.45) is 6.31. The van der Waals surface area contributed by atoms with Gasteiger partial charge in [-0.1, -0.05) is 18.2 Å². The minimum atomic E-state index is -3.37. The average molecular weight is 236 g/mol. The SMILES string of the molecule is C#CC(=Nc1ccccc1)N(C)S(C)(=O)=O. The van der Waals surface area contributed by atoms with Crippen LogP contribution in [0, 0.1) is 12.3 Å². The van der Waals surface area contributed by atoms with Crippen molar-refractivity contribution in [1.82, 2.24) is 4.31 Å². The third kappa shape index (κ3) is 3.11. The van der Waals surface area contributed by atoms with Gasteiger partial charge >= 0.3 is 0 Å². The van der Waals surface area contributed by atoms with Gasteiger partial charge in [-0.05, 0) is 18.1 Å². The molecule has 0 amide bonds. The van der Waals surface area contributed by atoms with Crippen LogP contribution in [0.5, 0.6) is 0 Å². The Hall–Kier alpha value is -1.80. The predicted octanol–water partition coefficient (Wildman–Crippen LogP) is 1.24. The molecule has 0 aliphatic heterocycles. The Kier molecular flexibility index (Phi) is 3.69. The van der Waals surface area contributed by atoms with E-state index in [1.165, 1.54) is 7.05 Å². The molecule has 0 fully saturated rings. The number of para-hydroxylation sites is 1. The van der Waals surface area contributed by atoms with E-state index in [0.717, 1.165) is 10.6 Å². The van der Waals surface area contributed by atoms with Gasteiger partial charge in [-0.3, -0.25) is 0 Å². The van der Waals surface area contributed by atoms with Crippen molar-refractivity contribution < 1.29 is 8.42 Å². The molecule has 0 saturated heterocycles. The standard InChI is InChI=1S/C11H12N2O2S/c1-4-11(13(2)16(3,14)15)12-10-8-6-5-7-9-10/h1,5-9H,2-3H3. The third-order valence-electron chi connectivity index (χ3n) is 1.92. The summed E-state index contributed by atoms with van der Waals surface area (Å²) in [5.41, 5.74) is 0.617. The lowest BCUT2D eigenvalue weighted by atomic mass is 10.3. The lowest BCUT2D eigenvalue weighted by molar-refractivity contribution is 0.560. The first-order chi connectivity index (χ1) is 7.45. The van der Waals surface area contributed by atoms with Crippen molar-refractivity contribution in [2.24, 2.45) is 4.99 Å². The van der Waals surface area contributed by atoms with Crippen molar-refractivity contribution in [1.29, 1.82) is 0 Å². The number of nitrogens with zero attached hydrogens (tertiary/aromatic N) is 2. The molecule has 0 bridgehead atoms. The van der Waals surface area contributed by atoms with Crippen molar-refractivity contribution in [3.8, 4) is 12.3 Å². The number of rotatable bonds is 2. The van der Waals surface area contributed by atoms with E-state index in [9.17, 15) is 8.42 Å². The maximum Gasteiger partial charge on any atom is 0.233 e. The topological polar surface area (TPSA) is 49.7 Å². The van der Waals surface area contributed by atoms with Gasteiger partial charge in [-0.15, -0.1) is 6.42 Å². The normalized spacial score (nSPS) is 11.9. The van der Waals surface area contributed by atoms with Crippen LogP contribution < -0.4 is 0 Å². The van der Waals surface area contributed by atoms with Gasteiger partial charge in [0.1, 0.15) is 0 Å². The van der Waals surface area contributed by atoms with Crippen LogP contribution in [0.4, 0.5) is 5.69 Å². The summed E-state index contributed by atoms with van der Waals surface area (Å²) in [6, 6.07) is 8.93. The van der Waals surface area contributed by atoms with Gasteiger partial charge in [-0.25, -0.2) is 17.7 Å². The van der Waals surface area contributed by atoms with Gasteiger partial charge in [0.2, 0.25) is 10.0 Å². The van der Waals surface area contributed by atoms with Crippen LogP contribution in [0.15, 0.2) is 35.3 Å². The molecule has 0 heterocycles. The first-order valence-corrected chi connectivity index (χ1v) is 6.34. The van der Waals surface area contributed by atoms with Crippen LogP contribution in [0.1, 0.15) is 0 Å². The number of amidine groups is 1. The number of hydrogen-bond donors (Lipinski definition) is 0. The number of hydrogen-bond acceptors (Lipinski definition) is 3. The number of benzene rings is 1. The fourth-order valence-electron chi connectivity index (χ4n) is 0.975. The second-order valence-corrected chi connectivity index (χ2v) is 5.16. The van der Waals surface area contributed by atoms with E-state index in [1.54, 1.807) is 24.3 Å². The lowest BCUT2D eigenvalue weighted by Crippen LogP contribution is -2.31. The molecule has 0 saturated carbocycles. The van der Waals surface area contributed by atoms with E-state index in [1.807, 2.05) is 6.07 Å². The summed E-state index contributed by atoms with van der Waals surface area (Å²) in [7, 11) is -2.00. The van der Waals surface area contributed by atoms with E-state index >= 15 is 0 Å². The van der Waals surface area contributed by atoms with E-state index in [-0.39, 0.29) is 5.84 Å². The van der Waals surface area contributed by atoms with Crippen molar-refractivity contribution in [2.45, 2.75) is 0 Å². The zero-order chi connectivity index (χ0) is 12.2. The van der Waals surface area contributed by atoms with Crippen molar-refractivity contribution >= 4 is 21.5 Å². The summed E-state index contributed by atoms with van der Waals surface area (Å²) < 4.78 is 23.5. The van der Waals surface area contributed by atoms with Gasteiger partial charge in [0.25, 0.3) is 0 Å². The zero-order valence-electron chi connectivity index (χ0n) is 9.08. The molecule has 0 atom stereocenters. The molecule has 0 spiro atoms. The number of aliphatic imine (C=N–C) groups is 1. The molecule has 4 nitrogen and oxygen atoms in total. The lowest BCUT2D eigenvalue weighted by Gasteiger charge is -2.14. The zero-order valence-corrected chi connectivity index (χ0v) is 9.90. The molecule has 0 aliphatic carbocycles. The average Bonchev–Trinajstić information content (AvgIpc) is 2.25. The van der Waals surface area contributed by atoms with E-state index in [4.69, 9.17) is 6.42 Å². The first kappa shape index (κ1) is 12.3. The number of terminal acetylenes is 1. The van der Waals surface area contributed by atoms with Gasteiger partial charge in [0.05, 0.1) is 11.9 Å². The maximum atomic E-state index is 11.3. The minimum absolute atomic E-state index is 0.0636. The van der Waals surface area contributed by atoms with Gasteiger partial charge in [0, 0.05) is 7.05 Å². The summed E-state index contributed by atoms with van der Waals surface area (Å²) in [6.45, 7) is 0. The smallest absolute Gasteiger partial charge is 0.233 e. The molecule has 0 unspecified atom stereocenters. The fourth-order valence-corrected chi connectivity index (χ4v) is 1.38. The van der Waals surface area contributed by atoms with Crippen molar-refractivity contribution in [3.05, 3.63) is 30.3 Å². The summed E-state index contributed by atoms with van der Waals surface area (Å²) >= 11 is 0. The Bertz CT molecular complexity index is 527. The van der Waals surface area contributed by atoms with E-state index < -0.39 is 10.0 Å². The molecule has 1 aromatic carbocycles. The Balaban J connectivity index is 3.11. The minimum Gasteiger partial charge on any atom is -0.250 e. The molecular formula is C11H12N2O2S. The second-order valence-electron chi connectivity index (χ2n) is 3.15. The highest BCUT2D eigenvalue weighted by atomic mass is 32.2. The van der Waals surface area contributed by atoms with Crippen molar-refractivity contribution in [2.75, 3.05) is 13.3 Å². The van der Waals surface area contributed by atoms with E-state index in [0.29, 0.717) is 5.69 Å². The molecule has 1 rings (SSSR count). The van der Waals surface area contributed by atoms with Crippen LogP contribution >= 0.6 is 0 Å². The predicted molar refractivity (Wildman–Crippen MR) is 65.0 cm³/mol. The van der Waals surface area contributed by atoms with Crippen LogP contribution in [0.25, 0.3) is 0 Å². The molecular weight excluding hydrogens is 224 g/mol. The van der Waals surface area contributed by atoms with Gasteiger partial charge < -0.3 is 0 Å². The first-order valence-electron chi connectivity index (χ1n) is 4.49. The molecule has 84 valence electrons. The quantitative estimate of drug-likeness (QED) is 0.440. The van der Waals surface area contributed by atoms with Gasteiger partial charge in [0.15, 0.2) is 5.84 Å². The summed E-state index contributed by atoms with van der Waals surface area (Å²) in [5.74, 6) is 2.32. The molecule has 1 aromatic rings. The highest BCUT2D eigenvalue weighted by molar-refractivity contribution is 7.88. The monoisotopic (exact) mass is 236 g/mol. The van der Waals surface area contributed by atoms with Crippen LogP contribution in [0.2, 0.25) is 0 Å². The molecule has 16 heavy (non-hydrogen) atoms. The van der Waals surface area contributed by atoms with E-state index in [2.05, 4.69) is 10.9 Å². The molecule has 0 radical (unpaired) electrons. The Morgan fingerprint density at radius 3 is 2.38 bits per heavy atom. The Labute approximate surface area is 95.7 Å². The summed E-state index contributed by atoms with van der Waals surface area (Å²) in [4.78, 5) is 4.07. The van der Waals surface area contributed by atoms with Crippen LogP contribution in [-0.2, 0) is 10.0 Å². The molecule has 0 N–H and O–H groups in total. The fraction of sp³-hybridized carbons (Fsp3) is 0.182. The molecule has 0 aromatic heterocycles. The Morgan fingerprint density at radius 2 is 1.94 bits per heavy atom. The molecule has 5 heteroatoms. The second kappa shape index (κ2) is 4.81. The number of sulfonamides is 1. The van der Waals surface area contributed by atoms with Crippen LogP contribution in [-0.4, -0.2) is 31.9 Å². The third-order valence-corrected chi connectivity index (χ3v) is 3.08. The summed E-state index contributed by atoms with van der Waals surface area (Å²) in [5, 5.41) is 0. The molecule has 0 aliphatic rings. The maximum absolute atomic E-state index is 11.3. The van der Waals surface area contributed by atoms with Gasteiger partial charge in [-0.2, -0.15) is 0 Å². The van der Waals surface area contributed by atoms with Crippen LogP contribution in [0.3, 0.4) is 0 Å².